The summed E-state index contributed by atoms with van der Waals surface area (Å²) in [6, 6.07) is 14.5. The van der Waals surface area contributed by atoms with Gasteiger partial charge in [0.25, 0.3) is 10.0 Å². The summed E-state index contributed by atoms with van der Waals surface area (Å²) in [7, 11) is -3.63. The van der Waals surface area contributed by atoms with Crippen molar-refractivity contribution in [1.82, 2.24) is 14.9 Å². The first-order chi connectivity index (χ1) is 14.0. The summed E-state index contributed by atoms with van der Waals surface area (Å²) in [6.45, 7) is 1.14. The molecule has 0 radical (unpaired) electrons. The molecule has 3 aromatic rings. The Balaban J connectivity index is 1.26. The molecule has 2 N–H and O–H groups in total. The minimum Gasteiger partial charge on any atom is -0.355 e. The molecule has 0 saturated carbocycles. The van der Waals surface area contributed by atoms with Gasteiger partial charge >= 0.3 is 0 Å². The SMILES string of the molecule is O=C(Nc1nc2ccccc2[nH]1)C1CCN(C2=NS(=O)(=O)c3ccccc32)CC1. The van der Waals surface area contributed by atoms with Crippen molar-refractivity contribution in [3.05, 3.63) is 54.1 Å². The van der Waals surface area contributed by atoms with Gasteiger partial charge in [0.15, 0.2) is 5.84 Å². The number of sulfonamides is 1. The highest BCUT2D eigenvalue weighted by Crippen LogP contribution is 2.30. The van der Waals surface area contributed by atoms with Crippen LogP contribution < -0.4 is 5.32 Å². The third-order valence-electron chi connectivity index (χ3n) is 5.41. The summed E-state index contributed by atoms with van der Waals surface area (Å²) in [6.07, 6.45) is 1.24. The molecule has 2 aliphatic rings. The average Bonchev–Trinajstić information content (AvgIpc) is 3.26. The molecular formula is C20H19N5O3S. The third-order valence-corrected chi connectivity index (χ3v) is 6.73. The molecule has 3 heterocycles. The minimum atomic E-state index is -3.63. The number of hydrogen-bond acceptors (Lipinski definition) is 5. The standard InChI is InChI=1S/C20H19N5O3S/c26-19(23-20-21-15-6-2-3-7-16(15)22-20)13-9-11-25(12-10-13)18-14-5-1-4-8-17(14)29(27,28)24-18/h1-8,13H,9-12H2,(H2,21,22,23,26). The second kappa shape index (κ2) is 6.70. The number of piperidine rings is 1. The zero-order valence-corrected chi connectivity index (χ0v) is 16.3. The van der Waals surface area contributed by atoms with E-state index >= 15 is 0 Å². The number of para-hydroxylation sites is 2. The Morgan fingerprint density at radius 2 is 1.79 bits per heavy atom. The lowest BCUT2D eigenvalue weighted by molar-refractivity contribution is -0.121. The number of carbonyl (C=O) groups excluding carboxylic acids is 1. The van der Waals surface area contributed by atoms with Crippen molar-refractivity contribution in [3.63, 3.8) is 0 Å². The van der Waals surface area contributed by atoms with Crippen molar-refractivity contribution in [1.29, 1.82) is 0 Å². The molecule has 9 heteroatoms. The van der Waals surface area contributed by atoms with Gasteiger partial charge in [0.05, 0.1) is 11.0 Å². The summed E-state index contributed by atoms with van der Waals surface area (Å²) in [4.78, 5) is 22.3. The number of hydrogen-bond donors (Lipinski definition) is 2. The van der Waals surface area contributed by atoms with Crippen LogP contribution >= 0.6 is 0 Å². The van der Waals surface area contributed by atoms with E-state index in [0.717, 1.165) is 11.0 Å². The molecular weight excluding hydrogens is 390 g/mol. The Kier molecular flexibility index (Phi) is 4.13. The number of imidazole rings is 1. The maximum absolute atomic E-state index is 12.7. The Morgan fingerprint density at radius 3 is 2.59 bits per heavy atom. The molecule has 1 aromatic heterocycles. The van der Waals surface area contributed by atoms with Crippen molar-refractivity contribution >= 4 is 38.7 Å². The Bertz CT molecular complexity index is 1210. The van der Waals surface area contributed by atoms with Crippen molar-refractivity contribution < 1.29 is 13.2 Å². The predicted molar refractivity (Wildman–Crippen MR) is 109 cm³/mol. The van der Waals surface area contributed by atoms with Gasteiger partial charge in [0, 0.05) is 24.6 Å². The molecule has 8 nitrogen and oxygen atoms in total. The molecule has 1 amide bonds. The van der Waals surface area contributed by atoms with Crippen molar-refractivity contribution in [2.24, 2.45) is 10.3 Å². The van der Waals surface area contributed by atoms with Gasteiger partial charge in [-0.15, -0.1) is 4.40 Å². The maximum Gasteiger partial charge on any atom is 0.285 e. The van der Waals surface area contributed by atoms with E-state index in [1.807, 2.05) is 35.2 Å². The smallest absolute Gasteiger partial charge is 0.285 e. The number of anilines is 1. The van der Waals surface area contributed by atoms with Crippen LogP contribution in [0.1, 0.15) is 18.4 Å². The molecule has 2 aromatic carbocycles. The van der Waals surface area contributed by atoms with Gasteiger partial charge in [0.2, 0.25) is 11.9 Å². The number of H-pyrrole nitrogens is 1. The number of benzene rings is 2. The van der Waals surface area contributed by atoms with Crippen LogP contribution in [0, 0.1) is 5.92 Å². The van der Waals surface area contributed by atoms with Gasteiger partial charge < -0.3 is 9.88 Å². The molecule has 148 valence electrons. The molecule has 0 spiro atoms. The molecule has 0 bridgehead atoms. The van der Waals surface area contributed by atoms with Crippen LogP contribution in [0.3, 0.4) is 0 Å². The first kappa shape index (κ1) is 17.9. The van der Waals surface area contributed by atoms with Crippen LogP contribution in [0.5, 0.6) is 0 Å². The molecule has 5 rings (SSSR count). The summed E-state index contributed by atoms with van der Waals surface area (Å²) in [5.41, 5.74) is 2.31. The van der Waals surface area contributed by atoms with Crippen LogP contribution in [-0.2, 0) is 14.8 Å². The highest BCUT2D eigenvalue weighted by molar-refractivity contribution is 7.90. The van der Waals surface area contributed by atoms with Gasteiger partial charge in [-0.1, -0.05) is 24.3 Å². The zero-order chi connectivity index (χ0) is 20.0. The largest absolute Gasteiger partial charge is 0.355 e. The van der Waals surface area contributed by atoms with Gasteiger partial charge in [-0.3, -0.25) is 10.1 Å². The number of carbonyl (C=O) groups is 1. The molecule has 0 aliphatic carbocycles. The molecule has 1 saturated heterocycles. The average molecular weight is 409 g/mol. The van der Waals surface area contributed by atoms with Gasteiger partial charge in [-0.25, -0.2) is 4.98 Å². The van der Waals surface area contributed by atoms with Crippen molar-refractivity contribution in [2.45, 2.75) is 17.7 Å². The number of amidine groups is 1. The second-order valence-electron chi connectivity index (χ2n) is 7.24. The number of aromatic nitrogens is 2. The van der Waals surface area contributed by atoms with Crippen LogP contribution in [0.4, 0.5) is 5.95 Å². The van der Waals surface area contributed by atoms with E-state index in [1.54, 1.807) is 18.2 Å². The number of nitrogens with zero attached hydrogens (tertiary/aromatic N) is 3. The molecule has 0 atom stereocenters. The van der Waals surface area contributed by atoms with Gasteiger partial charge in [0.1, 0.15) is 4.90 Å². The van der Waals surface area contributed by atoms with E-state index in [-0.39, 0.29) is 16.7 Å². The fraction of sp³-hybridized carbons (Fsp3) is 0.250. The Labute approximate surface area is 167 Å². The normalized spacial score (nSPS) is 18.5. The van der Waals surface area contributed by atoms with Crippen LogP contribution in [-0.4, -0.2) is 48.1 Å². The van der Waals surface area contributed by atoms with E-state index in [9.17, 15) is 13.2 Å². The maximum atomic E-state index is 12.7. The van der Waals surface area contributed by atoms with Crippen LogP contribution in [0.2, 0.25) is 0 Å². The van der Waals surface area contributed by atoms with E-state index in [1.165, 1.54) is 0 Å². The van der Waals surface area contributed by atoms with Crippen LogP contribution in [0.25, 0.3) is 11.0 Å². The first-order valence-electron chi connectivity index (χ1n) is 9.46. The summed E-state index contributed by atoms with van der Waals surface area (Å²) in [5.74, 6) is 0.689. The van der Waals surface area contributed by atoms with E-state index in [0.29, 0.717) is 43.3 Å². The summed E-state index contributed by atoms with van der Waals surface area (Å²) >= 11 is 0. The highest BCUT2D eigenvalue weighted by atomic mass is 32.2. The topological polar surface area (TPSA) is 108 Å². The van der Waals surface area contributed by atoms with E-state index in [2.05, 4.69) is 19.7 Å². The summed E-state index contributed by atoms with van der Waals surface area (Å²) in [5, 5.41) is 2.86. The molecule has 2 aliphatic heterocycles. The quantitative estimate of drug-likeness (QED) is 0.676. The number of rotatable bonds is 2. The van der Waals surface area contributed by atoms with Gasteiger partial charge in [-0.05, 0) is 37.1 Å². The predicted octanol–water partition coefficient (Wildman–Crippen LogP) is 2.36. The lowest BCUT2D eigenvalue weighted by Crippen LogP contribution is -2.41. The fourth-order valence-corrected chi connectivity index (χ4v) is 5.13. The van der Waals surface area contributed by atoms with Crippen molar-refractivity contribution in [2.75, 3.05) is 18.4 Å². The first-order valence-corrected chi connectivity index (χ1v) is 10.9. The van der Waals surface area contributed by atoms with E-state index < -0.39 is 10.0 Å². The monoisotopic (exact) mass is 409 g/mol. The number of nitrogens with one attached hydrogen (secondary N) is 2. The second-order valence-corrected chi connectivity index (χ2v) is 8.81. The molecule has 1 fully saturated rings. The van der Waals surface area contributed by atoms with Crippen molar-refractivity contribution in [3.8, 4) is 0 Å². The van der Waals surface area contributed by atoms with Crippen LogP contribution in [0.15, 0.2) is 57.8 Å². The van der Waals surface area contributed by atoms with E-state index in [4.69, 9.17) is 0 Å². The third kappa shape index (κ3) is 3.17. The Morgan fingerprint density at radius 1 is 1.07 bits per heavy atom. The lowest BCUT2D eigenvalue weighted by Gasteiger charge is -2.32. The highest BCUT2D eigenvalue weighted by Gasteiger charge is 2.34. The number of fused-ring (bicyclic) bond motifs is 2. The molecule has 29 heavy (non-hydrogen) atoms. The molecule has 0 unspecified atom stereocenters. The summed E-state index contributed by atoms with van der Waals surface area (Å²) < 4.78 is 28.5. The fourth-order valence-electron chi connectivity index (χ4n) is 3.90. The number of amides is 1. The zero-order valence-electron chi connectivity index (χ0n) is 15.5. The van der Waals surface area contributed by atoms with Gasteiger partial charge in [-0.2, -0.15) is 8.42 Å². The number of aromatic amines is 1. The lowest BCUT2D eigenvalue weighted by atomic mass is 9.95. The number of likely N-dealkylation sites (tertiary alicyclic amines) is 1. The minimum absolute atomic E-state index is 0.0786. The Hall–Kier alpha value is -3.20.